The van der Waals surface area contributed by atoms with Crippen molar-refractivity contribution in [1.29, 1.82) is 0 Å². The van der Waals surface area contributed by atoms with Gasteiger partial charge in [-0.3, -0.25) is 9.78 Å². The smallest absolute Gasteiger partial charge is 0.216 e. The van der Waals surface area contributed by atoms with Crippen LogP contribution in [0.3, 0.4) is 0 Å². The molecule has 0 radical (unpaired) electrons. The van der Waals surface area contributed by atoms with Crippen LogP contribution in [-0.2, 0) is 4.79 Å². The first-order chi connectivity index (χ1) is 8.22. The molecule has 0 atom stereocenters. The van der Waals surface area contributed by atoms with Crippen LogP contribution >= 0.6 is 0 Å². The number of aromatic nitrogens is 2. The van der Waals surface area contributed by atoms with Gasteiger partial charge in [0.15, 0.2) is 0 Å². The van der Waals surface area contributed by atoms with Gasteiger partial charge in [-0.25, -0.2) is 4.98 Å². The molecule has 0 aromatic carbocycles. The van der Waals surface area contributed by atoms with E-state index in [1.165, 1.54) is 6.92 Å². The third-order valence-corrected chi connectivity index (χ3v) is 2.00. The lowest BCUT2D eigenvalue weighted by molar-refractivity contribution is -0.118. The fraction of sp³-hybridized carbons (Fsp3) is 0.545. The molecule has 17 heavy (non-hydrogen) atoms. The molecule has 1 aromatic heterocycles. The van der Waals surface area contributed by atoms with Gasteiger partial charge in [0.1, 0.15) is 11.6 Å². The van der Waals surface area contributed by atoms with E-state index in [9.17, 15) is 4.79 Å². The lowest BCUT2D eigenvalue weighted by Gasteiger charge is -2.08. The molecule has 1 rings (SSSR count). The fourth-order valence-corrected chi connectivity index (χ4v) is 1.22. The Kier molecular flexibility index (Phi) is 5.77. The maximum atomic E-state index is 10.7. The predicted octanol–water partition coefficient (Wildman–Crippen LogP) is 0.846. The van der Waals surface area contributed by atoms with E-state index in [1.54, 1.807) is 12.4 Å². The van der Waals surface area contributed by atoms with Gasteiger partial charge in [-0.05, 0) is 6.42 Å². The summed E-state index contributed by atoms with van der Waals surface area (Å²) in [5, 5.41) is 8.95. The first-order valence-corrected chi connectivity index (χ1v) is 5.76. The van der Waals surface area contributed by atoms with Gasteiger partial charge in [0.25, 0.3) is 0 Å². The number of hydrogen-bond donors (Lipinski definition) is 3. The molecule has 3 N–H and O–H groups in total. The summed E-state index contributed by atoms with van der Waals surface area (Å²) in [5.41, 5.74) is 0. The third-order valence-electron chi connectivity index (χ3n) is 2.00. The van der Waals surface area contributed by atoms with Crippen LogP contribution in [0.15, 0.2) is 12.4 Å². The molecule has 1 amide bonds. The summed E-state index contributed by atoms with van der Waals surface area (Å²) in [6, 6.07) is 0. The minimum absolute atomic E-state index is 0.0313. The number of nitrogens with one attached hydrogen (secondary N) is 3. The highest BCUT2D eigenvalue weighted by Gasteiger charge is 1.97. The summed E-state index contributed by atoms with van der Waals surface area (Å²) in [7, 11) is 0. The van der Waals surface area contributed by atoms with Gasteiger partial charge in [-0.2, -0.15) is 0 Å². The van der Waals surface area contributed by atoms with Crippen LogP contribution < -0.4 is 16.0 Å². The molecule has 94 valence electrons. The molecule has 0 bridgehead atoms. The van der Waals surface area contributed by atoms with Crippen molar-refractivity contribution in [1.82, 2.24) is 15.3 Å². The zero-order valence-electron chi connectivity index (χ0n) is 10.3. The molecule has 0 unspecified atom stereocenters. The van der Waals surface area contributed by atoms with Crippen molar-refractivity contribution in [3.05, 3.63) is 12.4 Å². The van der Waals surface area contributed by atoms with Crippen LogP contribution in [0.5, 0.6) is 0 Å². The Morgan fingerprint density at radius 3 is 2.41 bits per heavy atom. The second-order valence-electron chi connectivity index (χ2n) is 3.63. The SMILES string of the molecule is CCCNc1cncc(NCCNC(C)=O)n1. The second-order valence-corrected chi connectivity index (χ2v) is 3.63. The standard InChI is InChI=1S/C11H19N5O/c1-3-4-14-10-7-12-8-11(16-10)15-6-5-13-9(2)17/h7-8H,3-6H2,1-2H3,(H,13,17)(H2,14,15,16). The molecule has 6 heteroatoms. The topological polar surface area (TPSA) is 78.9 Å². The minimum atomic E-state index is -0.0313. The molecule has 1 aromatic rings. The summed E-state index contributed by atoms with van der Waals surface area (Å²) in [6.45, 7) is 5.67. The fourth-order valence-electron chi connectivity index (χ4n) is 1.22. The average Bonchev–Trinajstić information content (AvgIpc) is 2.32. The maximum Gasteiger partial charge on any atom is 0.216 e. The van der Waals surface area contributed by atoms with Crippen LogP contribution in [-0.4, -0.2) is 35.5 Å². The molecule has 6 nitrogen and oxygen atoms in total. The summed E-state index contributed by atoms with van der Waals surface area (Å²) < 4.78 is 0. The molecule has 0 saturated carbocycles. The van der Waals surface area contributed by atoms with E-state index in [4.69, 9.17) is 0 Å². The maximum absolute atomic E-state index is 10.7. The van der Waals surface area contributed by atoms with E-state index in [1.807, 2.05) is 0 Å². The number of amides is 1. The van der Waals surface area contributed by atoms with Gasteiger partial charge in [0.2, 0.25) is 5.91 Å². The highest BCUT2D eigenvalue weighted by molar-refractivity contribution is 5.72. The van der Waals surface area contributed by atoms with Crippen molar-refractivity contribution in [2.75, 3.05) is 30.3 Å². The number of carbonyl (C=O) groups excluding carboxylic acids is 1. The molecule has 0 aliphatic carbocycles. The summed E-state index contributed by atoms with van der Waals surface area (Å²) in [5.74, 6) is 1.43. The Hall–Kier alpha value is -1.85. The lowest BCUT2D eigenvalue weighted by atomic mass is 10.5. The average molecular weight is 237 g/mol. The van der Waals surface area contributed by atoms with Crippen LogP contribution in [0.25, 0.3) is 0 Å². The van der Waals surface area contributed by atoms with Gasteiger partial charge < -0.3 is 16.0 Å². The van der Waals surface area contributed by atoms with Gasteiger partial charge in [-0.1, -0.05) is 6.92 Å². The quantitative estimate of drug-likeness (QED) is 0.613. The van der Waals surface area contributed by atoms with Crippen LogP contribution in [0, 0.1) is 0 Å². The minimum Gasteiger partial charge on any atom is -0.369 e. The van der Waals surface area contributed by atoms with Crippen molar-refractivity contribution in [3.63, 3.8) is 0 Å². The van der Waals surface area contributed by atoms with Gasteiger partial charge in [0.05, 0.1) is 12.4 Å². The zero-order chi connectivity index (χ0) is 12.5. The molecule has 1 heterocycles. The van der Waals surface area contributed by atoms with Crippen LogP contribution in [0.2, 0.25) is 0 Å². The number of hydrogen-bond acceptors (Lipinski definition) is 5. The summed E-state index contributed by atoms with van der Waals surface area (Å²) in [4.78, 5) is 19.1. The van der Waals surface area contributed by atoms with E-state index in [2.05, 4.69) is 32.8 Å². The Morgan fingerprint density at radius 1 is 1.18 bits per heavy atom. The van der Waals surface area contributed by atoms with E-state index >= 15 is 0 Å². The van der Waals surface area contributed by atoms with Gasteiger partial charge >= 0.3 is 0 Å². The summed E-state index contributed by atoms with van der Waals surface area (Å²) in [6.07, 6.45) is 4.39. The highest BCUT2D eigenvalue weighted by atomic mass is 16.1. The molecule has 0 spiro atoms. The number of anilines is 2. The largest absolute Gasteiger partial charge is 0.369 e. The highest BCUT2D eigenvalue weighted by Crippen LogP contribution is 2.05. The Bertz CT molecular complexity index is 355. The van der Waals surface area contributed by atoms with Crippen LogP contribution in [0.4, 0.5) is 11.6 Å². The monoisotopic (exact) mass is 237 g/mol. The van der Waals surface area contributed by atoms with E-state index in [0.717, 1.165) is 18.8 Å². The predicted molar refractivity (Wildman–Crippen MR) is 68.0 cm³/mol. The van der Waals surface area contributed by atoms with E-state index in [-0.39, 0.29) is 5.91 Å². The van der Waals surface area contributed by atoms with Crippen LogP contribution in [0.1, 0.15) is 20.3 Å². The first kappa shape index (κ1) is 13.2. The van der Waals surface area contributed by atoms with Crippen molar-refractivity contribution in [2.45, 2.75) is 20.3 Å². The van der Waals surface area contributed by atoms with Crippen molar-refractivity contribution in [3.8, 4) is 0 Å². The van der Waals surface area contributed by atoms with Crippen molar-refractivity contribution >= 4 is 17.5 Å². The lowest BCUT2D eigenvalue weighted by Crippen LogP contribution is -2.26. The van der Waals surface area contributed by atoms with Gasteiger partial charge in [0, 0.05) is 26.6 Å². The molecule has 0 aliphatic heterocycles. The Balaban J connectivity index is 2.34. The summed E-state index contributed by atoms with van der Waals surface area (Å²) >= 11 is 0. The third kappa shape index (κ3) is 5.70. The normalized spacial score (nSPS) is 9.76. The number of nitrogens with zero attached hydrogens (tertiary/aromatic N) is 2. The van der Waals surface area contributed by atoms with E-state index < -0.39 is 0 Å². The second kappa shape index (κ2) is 7.43. The molecular weight excluding hydrogens is 218 g/mol. The number of carbonyl (C=O) groups is 1. The Morgan fingerprint density at radius 2 is 1.82 bits per heavy atom. The zero-order valence-corrected chi connectivity index (χ0v) is 10.3. The molecule has 0 fully saturated rings. The Labute approximate surface area is 101 Å². The van der Waals surface area contributed by atoms with Crippen molar-refractivity contribution < 1.29 is 4.79 Å². The first-order valence-electron chi connectivity index (χ1n) is 5.76. The number of rotatable bonds is 7. The van der Waals surface area contributed by atoms with Crippen molar-refractivity contribution in [2.24, 2.45) is 0 Å². The van der Waals surface area contributed by atoms with E-state index in [0.29, 0.717) is 18.9 Å². The molecule has 0 aliphatic rings. The molecular formula is C11H19N5O. The molecule has 0 saturated heterocycles. The van der Waals surface area contributed by atoms with Gasteiger partial charge in [-0.15, -0.1) is 0 Å².